The van der Waals surface area contributed by atoms with E-state index in [1.807, 2.05) is 31.6 Å². The fourth-order valence-electron chi connectivity index (χ4n) is 3.25. The molecule has 0 radical (unpaired) electrons. The van der Waals surface area contributed by atoms with E-state index in [9.17, 15) is 4.79 Å². The van der Waals surface area contributed by atoms with E-state index >= 15 is 0 Å². The Morgan fingerprint density at radius 3 is 2.88 bits per heavy atom. The van der Waals surface area contributed by atoms with Gasteiger partial charge < -0.3 is 9.88 Å². The van der Waals surface area contributed by atoms with Gasteiger partial charge in [-0.05, 0) is 55.3 Å². The van der Waals surface area contributed by atoms with Crippen molar-refractivity contribution in [3.63, 3.8) is 0 Å². The second-order valence-corrected chi connectivity index (χ2v) is 7.00. The van der Waals surface area contributed by atoms with Crippen molar-refractivity contribution in [3.8, 4) is 0 Å². The van der Waals surface area contributed by atoms with Gasteiger partial charge in [0.05, 0.1) is 0 Å². The molecule has 136 valence electrons. The van der Waals surface area contributed by atoms with Crippen molar-refractivity contribution >= 4 is 10.8 Å². The molecule has 1 aromatic carbocycles. The molecule has 0 unspecified atom stereocenters. The molecule has 3 aromatic rings. The normalized spacial score (nSPS) is 12.4. The summed E-state index contributed by atoms with van der Waals surface area (Å²) in [5.41, 5.74) is 2.49. The zero-order chi connectivity index (χ0) is 18.4. The highest BCUT2D eigenvalue weighted by molar-refractivity contribution is 5.81. The molecule has 0 aliphatic rings. The van der Waals surface area contributed by atoms with E-state index in [4.69, 9.17) is 0 Å². The Kier molecular flexibility index (Phi) is 6.18. The van der Waals surface area contributed by atoms with E-state index in [0.29, 0.717) is 6.04 Å². The third-order valence-electron chi connectivity index (χ3n) is 4.97. The Morgan fingerprint density at radius 2 is 2.00 bits per heavy atom. The molecule has 4 heteroatoms. The first-order valence-electron chi connectivity index (χ1n) is 9.34. The number of fused-ring (bicyclic) bond motifs is 1. The zero-order valence-electron chi connectivity index (χ0n) is 15.6. The molecule has 2 aromatic heterocycles. The zero-order valence-corrected chi connectivity index (χ0v) is 15.6. The lowest BCUT2D eigenvalue weighted by Crippen LogP contribution is -2.25. The number of pyridine rings is 2. The van der Waals surface area contributed by atoms with Crippen LogP contribution in [-0.2, 0) is 20.0 Å². The van der Waals surface area contributed by atoms with Crippen molar-refractivity contribution in [1.82, 2.24) is 14.9 Å². The van der Waals surface area contributed by atoms with Gasteiger partial charge in [-0.2, -0.15) is 0 Å². The van der Waals surface area contributed by atoms with Gasteiger partial charge in [0.15, 0.2) is 0 Å². The van der Waals surface area contributed by atoms with Gasteiger partial charge in [-0.3, -0.25) is 9.78 Å². The van der Waals surface area contributed by atoms with E-state index < -0.39 is 0 Å². The predicted molar refractivity (Wildman–Crippen MR) is 107 cm³/mol. The highest BCUT2D eigenvalue weighted by atomic mass is 16.1. The molecule has 0 saturated carbocycles. The van der Waals surface area contributed by atoms with E-state index in [1.54, 1.807) is 10.6 Å². The average molecular weight is 349 g/mol. The molecule has 0 amide bonds. The molecule has 1 N–H and O–H groups in total. The third-order valence-corrected chi connectivity index (χ3v) is 4.97. The van der Waals surface area contributed by atoms with E-state index in [-0.39, 0.29) is 5.56 Å². The number of aryl methyl sites for hydroxylation is 1. The third kappa shape index (κ3) is 4.79. The van der Waals surface area contributed by atoms with Crippen LogP contribution in [0.4, 0.5) is 0 Å². The highest BCUT2D eigenvalue weighted by Gasteiger charge is 2.04. The number of hydrogen-bond acceptors (Lipinski definition) is 3. The SMILES string of the molecule is C[C@H](CCCCc1cccc(=O)n1C)NCc1ccc2cnccc2c1. The Bertz CT molecular complexity index is 916. The number of hydrogen-bond donors (Lipinski definition) is 1. The summed E-state index contributed by atoms with van der Waals surface area (Å²) in [4.78, 5) is 15.8. The number of aromatic nitrogens is 2. The second-order valence-electron chi connectivity index (χ2n) is 7.00. The monoisotopic (exact) mass is 349 g/mol. The van der Waals surface area contributed by atoms with Crippen molar-refractivity contribution < 1.29 is 0 Å². The number of nitrogens with one attached hydrogen (secondary N) is 1. The molecule has 0 saturated heterocycles. The number of rotatable bonds is 8. The van der Waals surface area contributed by atoms with Gasteiger partial charge in [0, 0.05) is 49.2 Å². The molecule has 0 aliphatic carbocycles. The van der Waals surface area contributed by atoms with Crippen LogP contribution in [0.3, 0.4) is 0 Å². The van der Waals surface area contributed by atoms with Crippen LogP contribution >= 0.6 is 0 Å². The predicted octanol–water partition coefficient (Wildman–Crippen LogP) is 3.82. The quantitative estimate of drug-likeness (QED) is 0.629. The van der Waals surface area contributed by atoms with Gasteiger partial charge in [-0.15, -0.1) is 0 Å². The molecule has 1 atom stereocenters. The standard InChI is InChI=1S/C22H27N3O/c1-17(6-3-4-7-21-8-5-9-22(26)25(21)2)24-15-18-10-11-20-16-23-13-12-19(20)14-18/h5,8-14,16-17,24H,3-4,6-7,15H2,1-2H3/t17-/m1/s1. The Hall–Kier alpha value is -2.46. The lowest BCUT2D eigenvalue weighted by molar-refractivity contribution is 0.487. The Labute approximate surface area is 154 Å². The van der Waals surface area contributed by atoms with Gasteiger partial charge in [-0.25, -0.2) is 0 Å². The maximum absolute atomic E-state index is 11.6. The van der Waals surface area contributed by atoms with Crippen LogP contribution < -0.4 is 10.9 Å². The van der Waals surface area contributed by atoms with Crippen LogP contribution in [0, 0.1) is 0 Å². The summed E-state index contributed by atoms with van der Waals surface area (Å²) in [7, 11) is 1.85. The molecule has 0 aliphatic heterocycles. The summed E-state index contributed by atoms with van der Waals surface area (Å²) in [5.74, 6) is 0. The number of unbranched alkanes of at least 4 members (excludes halogenated alkanes) is 1. The summed E-state index contributed by atoms with van der Waals surface area (Å²) in [6.45, 7) is 3.12. The van der Waals surface area contributed by atoms with E-state index in [2.05, 4.69) is 41.5 Å². The van der Waals surface area contributed by atoms with Gasteiger partial charge in [0.25, 0.3) is 0 Å². The molecular formula is C22H27N3O. The maximum Gasteiger partial charge on any atom is 0.250 e. The van der Waals surface area contributed by atoms with Crippen LogP contribution in [0.15, 0.2) is 59.7 Å². The van der Waals surface area contributed by atoms with Gasteiger partial charge >= 0.3 is 0 Å². The lowest BCUT2D eigenvalue weighted by Gasteiger charge is -2.14. The minimum atomic E-state index is 0.0729. The molecule has 0 bridgehead atoms. The summed E-state index contributed by atoms with van der Waals surface area (Å²) < 4.78 is 1.75. The molecule has 4 nitrogen and oxygen atoms in total. The lowest BCUT2D eigenvalue weighted by atomic mass is 10.1. The van der Waals surface area contributed by atoms with Crippen molar-refractivity contribution in [2.24, 2.45) is 7.05 Å². The smallest absolute Gasteiger partial charge is 0.250 e. The number of benzene rings is 1. The molecule has 0 fully saturated rings. The van der Waals surface area contributed by atoms with Crippen LogP contribution in [-0.4, -0.2) is 15.6 Å². The van der Waals surface area contributed by atoms with Crippen LogP contribution in [0.25, 0.3) is 10.8 Å². The Balaban J connectivity index is 1.41. The van der Waals surface area contributed by atoms with Gasteiger partial charge in [-0.1, -0.05) is 24.6 Å². The van der Waals surface area contributed by atoms with Crippen molar-refractivity contribution in [1.29, 1.82) is 0 Å². The fraction of sp³-hybridized carbons (Fsp3) is 0.364. The average Bonchev–Trinajstić information content (AvgIpc) is 2.66. The maximum atomic E-state index is 11.6. The van der Waals surface area contributed by atoms with E-state index in [0.717, 1.165) is 37.9 Å². The van der Waals surface area contributed by atoms with Crippen LogP contribution in [0.5, 0.6) is 0 Å². The summed E-state index contributed by atoms with van der Waals surface area (Å²) in [6, 6.07) is 14.6. The largest absolute Gasteiger partial charge is 0.316 e. The second kappa shape index (κ2) is 8.77. The molecule has 3 rings (SSSR count). The minimum Gasteiger partial charge on any atom is -0.316 e. The van der Waals surface area contributed by atoms with Crippen molar-refractivity contribution in [2.45, 2.75) is 45.2 Å². The molecule has 26 heavy (non-hydrogen) atoms. The summed E-state index contributed by atoms with van der Waals surface area (Å²) in [6.07, 6.45) is 8.09. The molecule has 2 heterocycles. The fourth-order valence-corrected chi connectivity index (χ4v) is 3.25. The van der Waals surface area contributed by atoms with Crippen molar-refractivity contribution in [3.05, 3.63) is 76.5 Å². The molecular weight excluding hydrogens is 322 g/mol. The summed E-state index contributed by atoms with van der Waals surface area (Å²) in [5, 5.41) is 6.03. The van der Waals surface area contributed by atoms with Crippen LogP contribution in [0.2, 0.25) is 0 Å². The number of nitrogens with zero attached hydrogens (tertiary/aromatic N) is 2. The topological polar surface area (TPSA) is 46.9 Å². The first-order chi connectivity index (χ1) is 12.6. The minimum absolute atomic E-state index is 0.0729. The van der Waals surface area contributed by atoms with Gasteiger partial charge in [0.1, 0.15) is 0 Å². The van der Waals surface area contributed by atoms with Crippen molar-refractivity contribution in [2.75, 3.05) is 0 Å². The van der Waals surface area contributed by atoms with Crippen LogP contribution in [0.1, 0.15) is 37.4 Å². The summed E-state index contributed by atoms with van der Waals surface area (Å²) >= 11 is 0. The van der Waals surface area contributed by atoms with E-state index in [1.165, 1.54) is 16.3 Å². The highest BCUT2D eigenvalue weighted by Crippen LogP contribution is 2.15. The Morgan fingerprint density at radius 1 is 1.12 bits per heavy atom. The first kappa shape index (κ1) is 18.3. The van der Waals surface area contributed by atoms with Gasteiger partial charge in [0.2, 0.25) is 5.56 Å². The molecule has 0 spiro atoms. The first-order valence-corrected chi connectivity index (χ1v) is 9.34.